The number of hydrogen-bond donors (Lipinski definition) is 1. The van der Waals surface area contributed by atoms with Gasteiger partial charge in [-0.2, -0.15) is 0 Å². The fourth-order valence-corrected chi connectivity index (χ4v) is 2.76. The number of para-hydroxylation sites is 2. The van der Waals surface area contributed by atoms with E-state index in [0.717, 1.165) is 16.9 Å². The van der Waals surface area contributed by atoms with Crippen LogP contribution in [0.4, 0.5) is 4.39 Å². The fourth-order valence-electron chi connectivity index (χ4n) is 2.76. The molecule has 0 radical (unpaired) electrons. The Morgan fingerprint density at radius 1 is 1.14 bits per heavy atom. The van der Waals surface area contributed by atoms with Gasteiger partial charge in [-0.05, 0) is 36.4 Å². The molecular weight excluding hydrogens is 281 g/mol. The van der Waals surface area contributed by atoms with Gasteiger partial charge >= 0.3 is 0 Å². The Balaban J connectivity index is 1.47. The Kier molecular flexibility index (Phi) is 2.92. The maximum Gasteiger partial charge on any atom is 0.253 e. The van der Waals surface area contributed by atoms with E-state index in [2.05, 4.69) is 9.97 Å². The topological polar surface area (TPSA) is 49.0 Å². The molecule has 4 rings (SSSR count). The van der Waals surface area contributed by atoms with Gasteiger partial charge in [0.25, 0.3) is 5.91 Å². The number of rotatable bonds is 2. The van der Waals surface area contributed by atoms with Crippen LogP contribution in [0.25, 0.3) is 11.0 Å². The van der Waals surface area contributed by atoms with Gasteiger partial charge in [0.05, 0.1) is 17.0 Å². The van der Waals surface area contributed by atoms with E-state index in [9.17, 15) is 9.18 Å². The van der Waals surface area contributed by atoms with Crippen LogP contribution in [-0.4, -0.2) is 33.9 Å². The number of nitrogens with zero attached hydrogens (tertiary/aromatic N) is 2. The molecule has 1 saturated heterocycles. The number of aromatic amines is 1. The van der Waals surface area contributed by atoms with Crippen molar-refractivity contribution in [3.8, 4) is 0 Å². The minimum Gasteiger partial charge on any atom is -0.342 e. The predicted molar refractivity (Wildman–Crippen MR) is 81.1 cm³/mol. The van der Waals surface area contributed by atoms with Gasteiger partial charge in [0.2, 0.25) is 0 Å². The molecule has 1 aliphatic heterocycles. The van der Waals surface area contributed by atoms with E-state index >= 15 is 0 Å². The van der Waals surface area contributed by atoms with Crippen molar-refractivity contribution in [3.63, 3.8) is 0 Å². The highest BCUT2D eigenvalue weighted by molar-refractivity contribution is 5.94. The molecule has 0 aliphatic carbocycles. The third-order valence-corrected chi connectivity index (χ3v) is 4.05. The molecule has 1 N–H and O–H groups in total. The first-order chi connectivity index (χ1) is 10.7. The van der Waals surface area contributed by atoms with Crippen molar-refractivity contribution in [2.24, 2.45) is 0 Å². The molecule has 1 aromatic heterocycles. The third-order valence-electron chi connectivity index (χ3n) is 4.05. The van der Waals surface area contributed by atoms with Crippen LogP contribution in [0.2, 0.25) is 0 Å². The number of amides is 1. The maximum absolute atomic E-state index is 12.9. The molecule has 0 saturated carbocycles. The normalized spacial score (nSPS) is 15.0. The Morgan fingerprint density at radius 3 is 2.59 bits per heavy atom. The molecule has 0 spiro atoms. The average molecular weight is 295 g/mol. The summed E-state index contributed by atoms with van der Waals surface area (Å²) in [7, 11) is 0. The van der Waals surface area contributed by atoms with Crippen molar-refractivity contribution in [1.29, 1.82) is 0 Å². The standard InChI is InChI=1S/C17H14FN3O/c18-13-7-5-11(6-8-13)17(22)21-9-12(10-21)16-19-14-3-1-2-4-15(14)20-16/h1-8,12H,9-10H2,(H,19,20). The van der Waals surface area contributed by atoms with Gasteiger partial charge in [-0.1, -0.05) is 12.1 Å². The zero-order valence-electron chi connectivity index (χ0n) is 11.8. The molecule has 0 bridgehead atoms. The quantitative estimate of drug-likeness (QED) is 0.790. The second-order valence-corrected chi connectivity index (χ2v) is 5.55. The van der Waals surface area contributed by atoms with Crippen LogP contribution >= 0.6 is 0 Å². The van der Waals surface area contributed by atoms with E-state index in [1.54, 1.807) is 4.90 Å². The van der Waals surface area contributed by atoms with Gasteiger partial charge in [-0.15, -0.1) is 0 Å². The number of halogens is 1. The first-order valence-corrected chi connectivity index (χ1v) is 7.20. The van der Waals surface area contributed by atoms with E-state index in [-0.39, 0.29) is 17.6 Å². The SMILES string of the molecule is O=C(c1ccc(F)cc1)N1CC(c2nc3ccccc3[nH]2)C1. The van der Waals surface area contributed by atoms with Gasteiger partial charge in [-0.25, -0.2) is 9.37 Å². The van der Waals surface area contributed by atoms with Crippen LogP contribution in [0.1, 0.15) is 22.1 Å². The molecule has 110 valence electrons. The number of nitrogens with one attached hydrogen (secondary N) is 1. The number of fused-ring (bicyclic) bond motifs is 1. The van der Waals surface area contributed by atoms with E-state index in [0.29, 0.717) is 18.7 Å². The summed E-state index contributed by atoms with van der Waals surface area (Å²) in [5, 5.41) is 0. The van der Waals surface area contributed by atoms with Crippen molar-refractivity contribution in [3.05, 3.63) is 65.7 Å². The van der Waals surface area contributed by atoms with Crippen molar-refractivity contribution >= 4 is 16.9 Å². The van der Waals surface area contributed by atoms with E-state index in [1.165, 1.54) is 24.3 Å². The second kappa shape index (κ2) is 4.94. The first-order valence-electron chi connectivity index (χ1n) is 7.20. The number of carbonyl (C=O) groups excluding carboxylic acids is 1. The summed E-state index contributed by atoms with van der Waals surface area (Å²) < 4.78 is 12.9. The molecule has 5 heteroatoms. The average Bonchev–Trinajstić information content (AvgIpc) is 2.89. The highest BCUT2D eigenvalue weighted by Gasteiger charge is 2.34. The highest BCUT2D eigenvalue weighted by atomic mass is 19.1. The summed E-state index contributed by atoms with van der Waals surface area (Å²) in [5.41, 5.74) is 2.48. The number of aromatic nitrogens is 2. The Labute approximate surface area is 126 Å². The first kappa shape index (κ1) is 13.0. The summed E-state index contributed by atoms with van der Waals surface area (Å²) in [6.07, 6.45) is 0. The number of hydrogen-bond acceptors (Lipinski definition) is 2. The number of imidazole rings is 1. The van der Waals surface area contributed by atoms with Crippen molar-refractivity contribution in [2.75, 3.05) is 13.1 Å². The number of benzene rings is 2. The van der Waals surface area contributed by atoms with Crippen LogP contribution in [0.3, 0.4) is 0 Å². The zero-order valence-corrected chi connectivity index (χ0v) is 11.8. The zero-order chi connectivity index (χ0) is 15.1. The van der Waals surface area contributed by atoms with Crippen molar-refractivity contribution in [1.82, 2.24) is 14.9 Å². The largest absolute Gasteiger partial charge is 0.342 e. The third kappa shape index (κ3) is 2.15. The van der Waals surface area contributed by atoms with Crippen LogP contribution in [0, 0.1) is 5.82 Å². The molecule has 2 heterocycles. The molecule has 0 atom stereocenters. The lowest BCUT2D eigenvalue weighted by molar-refractivity contribution is 0.0595. The summed E-state index contributed by atoms with van der Waals surface area (Å²) >= 11 is 0. The van der Waals surface area contributed by atoms with Crippen molar-refractivity contribution in [2.45, 2.75) is 5.92 Å². The van der Waals surface area contributed by atoms with Crippen LogP contribution in [-0.2, 0) is 0 Å². The lowest BCUT2D eigenvalue weighted by Crippen LogP contribution is -2.48. The Morgan fingerprint density at radius 2 is 1.86 bits per heavy atom. The molecule has 1 amide bonds. The molecule has 0 unspecified atom stereocenters. The lowest BCUT2D eigenvalue weighted by Gasteiger charge is -2.38. The number of H-pyrrole nitrogens is 1. The summed E-state index contributed by atoms with van der Waals surface area (Å²) in [6.45, 7) is 1.27. The van der Waals surface area contributed by atoms with Crippen molar-refractivity contribution < 1.29 is 9.18 Å². The predicted octanol–water partition coefficient (Wildman–Crippen LogP) is 2.94. The Hall–Kier alpha value is -2.69. The summed E-state index contributed by atoms with van der Waals surface area (Å²) in [5.74, 6) is 0.758. The monoisotopic (exact) mass is 295 g/mol. The van der Waals surface area contributed by atoms with Gasteiger partial charge in [0.15, 0.2) is 0 Å². The highest BCUT2D eigenvalue weighted by Crippen LogP contribution is 2.28. The van der Waals surface area contributed by atoms with Gasteiger partial charge in [-0.3, -0.25) is 4.79 Å². The maximum atomic E-state index is 12.9. The van der Waals surface area contributed by atoms with E-state index in [4.69, 9.17) is 0 Å². The van der Waals surface area contributed by atoms with Crippen LogP contribution in [0.5, 0.6) is 0 Å². The lowest BCUT2D eigenvalue weighted by atomic mass is 9.98. The summed E-state index contributed by atoms with van der Waals surface area (Å²) in [4.78, 5) is 21.9. The van der Waals surface area contributed by atoms with E-state index in [1.807, 2.05) is 24.3 Å². The van der Waals surface area contributed by atoms with Crippen LogP contribution < -0.4 is 0 Å². The molecule has 1 aliphatic rings. The van der Waals surface area contributed by atoms with Gasteiger partial charge in [0.1, 0.15) is 11.6 Å². The molecular formula is C17H14FN3O. The van der Waals surface area contributed by atoms with E-state index < -0.39 is 0 Å². The number of carbonyl (C=O) groups is 1. The molecule has 4 nitrogen and oxygen atoms in total. The van der Waals surface area contributed by atoms with Crippen LogP contribution in [0.15, 0.2) is 48.5 Å². The Bertz CT molecular complexity index is 801. The smallest absolute Gasteiger partial charge is 0.253 e. The summed E-state index contributed by atoms with van der Waals surface area (Å²) in [6, 6.07) is 13.5. The number of likely N-dealkylation sites (tertiary alicyclic amines) is 1. The van der Waals surface area contributed by atoms with Gasteiger partial charge < -0.3 is 9.88 Å². The minimum absolute atomic E-state index is 0.0626. The minimum atomic E-state index is -0.333. The molecule has 2 aromatic carbocycles. The molecule has 22 heavy (non-hydrogen) atoms. The molecule has 3 aromatic rings. The second-order valence-electron chi connectivity index (χ2n) is 5.55. The molecule has 1 fully saturated rings. The van der Waals surface area contributed by atoms with Gasteiger partial charge in [0, 0.05) is 18.7 Å². The fraction of sp³-hybridized carbons (Fsp3) is 0.176.